The summed E-state index contributed by atoms with van der Waals surface area (Å²) in [6.07, 6.45) is 0.0102. The fourth-order valence-corrected chi connectivity index (χ4v) is 2.71. The minimum Gasteiger partial charge on any atom is -0.384 e. The first kappa shape index (κ1) is 12.5. The van der Waals surface area contributed by atoms with Gasteiger partial charge in [-0.05, 0) is 30.2 Å². The normalized spacial score (nSPS) is 14.9. The van der Waals surface area contributed by atoms with Crippen LogP contribution in [0.25, 0.3) is 0 Å². The summed E-state index contributed by atoms with van der Waals surface area (Å²) in [6.45, 7) is 0.857. The monoisotopic (exact) mass is 277 g/mol. The summed E-state index contributed by atoms with van der Waals surface area (Å²) < 4.78 is 13.3. The molecule has 1 aliphatic heterocycles. The number of aliphatic hydroxyl groups is 1. The molecule has 1 heterocycles. The van der Waals surface area contributed by atoms with Gasteiger partial charge in [-0.3, -0.25) is 0 Å². The Balaban J connectivity index is 2.07. The first-order valence-electron chi connectivity index (χ1n) is 6.15. The molecular weight excluding hydrogens is 265 g/mol. The number of aliphatic hydroxyl groups excluding tert-OH is 1. The third kappa shape index (κ3) is 2.20. The summed E-state index contributed by atoms with van der Waals surface area (Å²) in [6, 6.07) is 9.79. The average molecular weight is 278 g/mol. The number of nitrogens with one attached hydrogen (secondary N) is 1. The van der Waals surface area contributed by atoms with Gasteiger partial charge >= 0.3 is 0 Å². The lowest BCUT2D eigenvalue weighted by molar-refractivity contribution is 0.220. The molecule has 3 rings (SSSR count). The SMILES string of the molecule is OC(c1cc(F)ccc1Cl)c1cccc2c1NCC2. The summed E-state index contributed by atoms with van der Waals surface area (Å²) in [5, 5.41) is 14.1. The van der Waals surface area contributed by atoms with Gasteiger partial charge in [0.2, 0.25) is 0 Å². The van der Waals surface area contributed by atoms with E-state index in [-0.39, 0.29) is 0 Å². The fourth-order valence-electron chi connectivity index (χ4n) is 2.49. The number of halogens is 2. The lowest BCUT2D eigenvalue weighted by atomic mass is 9.97. The number of hydrogen-bond acceptors (Lipinski definition) is 2. The van der Waals surface area contributed by atoms with Crippen LogP contribution in [0.3, 0.4) is 0 Å². The highest BCUT2D eigenvalue weighted by molar-refractivity contribution is 6.31. The molecule has 0 saturated carbocycles. The number of anilines is 1. The molecule has 4 heteroatoms. The fraction of sp³-hybridized carbons (Fsp3) is 0.200. The number of hydrogen-bond donors (Lipinski definition) is 2. The van der Waals surface area contributed by atoms with Crippen molar-refractivity contribution in [3.05, 3.63) is 63.9 Å². The van der Waals surface area contributed by atoms with Gasteiger partial charge in [0.05, 0.1) is 0 Å². The molecule has 0 amide bonds. The Labute approximate surface area is 115 Å². The molecule has 98 valence electrons. The molecule has 0 spiro atoms. The molecule has 1 unspecified atom stereocenters. The van der Waals surface area contributed by atoms with Crippen molar-refractivity contribution < 1.29 is 9.50 Å². The second-order valence-corrected chi connectivity index (χ2v) is 5.03. The van der Waals surface area contributed by atoms with Crippen LogP contribution in [0.1, 0.15) is 22.8 Å². The van der Waals surface area contributed by atoms with Crippen LogP contribution in [0.2, 0.25) is 5.02 Å². The van der Waals surface area contributed by atoms with E-state index in [0.717, 1.165) is 24.2 Å². The Morgan fingerprint density at radius 2 is 2.05 bits per heavy atom. The van der Waals surface area contributed by atoms with E-state index in [9.17, 15) is 9.50 Å². The smallest absolute Gasteiger partial charge is 0.123 e. The molecule has 0 saturated heterocycles. The van der Waals surface area contributed by atoms with Gasteiger partial charge in [0.25, 0.3) is 0 Å². The predicted octanol–water partition coefficient (Wildman–Crippen LogP) is 3.53. The van der Waals surface area contributed by atoms with Crippen LogP contribution in [0, 0.1) is 5.82 Å². The molecule has 2 nitrogen and oxygen atoms in total. The highest BCUT2D eigenvalue weighted by Crippen LogP contribution is 2.36. The van der Waals surface area contributed by atoms with E-state index in [4.69, 9.17) is 11.6 Å². The maximum absolute atomic E-state index is 13.3. The van der Waals surface area contributed by atoms with E-state index in [1.165, 1.54) is 23.8 Å². The van der Waals surface area contributed by atoms with Crippen LogP contribution in [0.5, 0.6) is 0 Å². The van der Waals surface area contributed by atoms with Gasteiger partial charge in [0.15, 0.2) is 0 Å². The second kappa shape index (κ2) is 4.83. The van der Waals surface area contributed by atoms with E-state index in [2.05, 4.69) is 5.32 Å². The first-order chi connectivity index (χ1) is 9.16. The average Bonchev–Trinajstić information content (AvgIpc) is 2.89. The van der Waals surface area contributed by atoms with Crippen LogP contribution in [0.4, 0.5) is 10.1 Å². The van der Waals surface area contributed by atoms with Crippen molar-refractivity contribution in [1.29, 1.82) is 0 Å². The third-order valence-corrected chi connectivity index (χ3v) is 3.77. The Kier molecular flexibility index (Phi) is 3.17. The lowest BCUT2D eigenvalue weighted by Crippen LogP contribution is -2.05. The van der Waals surface area contributed by atoms with Gasteiger partial charge < -0.3 is 10.4 Å². The molecule has 0 bridgehead atoms. The largest absolute Gasteiger partial charge is 0.384 e. The maximum Gasteiger partial charge on any atom is 0.123 e. The molecule has 0 aromatic heterocycles. The van der Waals surface area contributed by atoms with E-state index in [1.807, 2.05) is 18.2 Å². The molecule has 1 atom stereocenters. The van der Waals surface area contributed by atoms with E-state index >= 15 is 0 Å². The first-order valence-corrected chi connectivity index (χ1v) is 6.53. The summed E-state index contributed by atoms with van der Waals surface area (Å²) in [4.78, 5) is 0. The molecule has 2 aromatic carbocycles. The van der Waals surface area contributed by atoms with Crippen LogP contribution < -0.4 is 5.32 Å². The van der Waals surface area contributed by atoms with E-state index in [0.29, 0.717) is 10.6 Å². The Morgan fingerprint density at radius 3 is 2.89 bits per heavy atom. The standard InChI is InChI=1S/C15H13ClFNO/c16-13-5-4-10(17)8-12(13)15(19)11-3-1-2-9-6-7-18-14(9)11/h1-5,8,15,18-19H,6-7H2. The quantitative estimate of drug-likeness (QED) is 0.880. The molecule has 1 aliphatic rings. The lowest BCUT2D eigenvalue weighted by Gasteiger charge is -2.17. The molecule has 2 N–H and O–H groups in total. The molecule has 0 radical (unpaired) electrons. The molecular formula is C15H13ClFNO. The van der Waals surface area contributed by atoms with Gasteiger partial charge in [-0.1, -0.05) is 29.8 Å². The van der Waals surface area contributed by atoms with Crippen molar-refractivity contribution in [1.82, 2.24) is 0 Å². The van der Waals surface area contributed by atoms with Gasteiger partial charge in [-0.25, -0.2) is 4.39 Å². The molecule has 0 fully saturated rings. The summed E-state index contributed by atoms with van der Waals surface area (Å²) in [5.74, 6) is -0.404. The van der Waals surface area contributed by atoms with Crippen LogP contribution in [-0.4, -0.2) is 11.7 Å². The second-order valence-electron chi connectivity index (χ2n) is 4.63. The van der Waals surface area contributed by atoms with Crippen molar-refractivity contribution in [3.8, 4) is 0 Å². The van der Waals surface area contributed by atoms with E-state index in [1.54, 1.807) is 0 Å². The molecule has 2 aromatic rings. The van der Waals surface area contributed by atoms with Crippen LogP contribution >= 0.6 is 11.6 Å². The molecule has 0 aliphatic carbocycles. The Hall–Kier alpha value is -1.58. The highest BCUT2D eigenvalue weighted by Gasteiger charge is 2.21. The Morgan fingerprint density at radius 1 is 1.21 bits per heavy atom. The van der Waals surface area contributed by atoms with Crippen molar-refractivity contribution in [2.45, 2.75) is 12.5 Å². The number of benzene rings is 2. The predicted molar refractivity (Wildman–Crippen MR) is 74.1 cm³/mol. The minimum absolute atomic E-state index is 0.365. The van der Waals surface area contributed by atoms with Gasteiger partial charge in [-0.2, -0.15) is 0 Å². The van der Waals surface area contributed by atoms with Crippen molar-refractivity contribution in [2.24, 2.45) is 0 Å². The highest BCUT2D eigenvalue weighted by atomic mass is 35.5. The zero-order valence-electron chi connectivity index (χ0n) is 10.2. The number of para-hydroxylation sites is 1. The topological polar surface area (TPSA) is 32.3 Å². The summed E-state index contributed by atoms with van der Waals surface area (Å²) in [5.41, 5.74) is 3.24. The van der Waals surface area contributed by atoms with Crippen molar-refractivity contribution in [2.75, 3.05) is 11.9 Å². The number of fused-ring (bicyclic) bond motifs is 1. The minimum atomic E-state index is -0.927. The van der Waals surface area contributed by atoms with Crippen molar-refractivity contribution >= 4 is 17.3 Å². The van der Waals surface area contributed by atoms with Gasteiger partial charge in [0, 0.05) is 28.4 Å². The third-order valence-electron chi connectivity index (χ3n) is 3.43. The van der Waals surface area contributed by atoms with E-state index < -0.39 is 11.9 Å². The zero-order valence-corrected chi connectivity index (χ0v) is 10.9. The summed E-state index contributed by atoms with van der Waals surface area (Å²) >= 11 is 6.04. The zero-order chi connectivity index (χ0) is 13.4. The number of rotatable bonds is 2. The maximum atomic E-state index is 13.3. The van der Waals surface area contributed by atoms with Gasteiger partial charge in [0.1, 0.15) is 11.9 Å². The Bertz CT molecular complexity index is 630. The van der Waals surface area contributed by atoms with Gasteiger partial charge in [-0.15, -0.1) is 0 Å². The van der Waals surface area contributed by atoms with Crippen LogP contribution in [-0.2, 0) is 6.42 Å². The van der Waals surface area contributed by atoms with Crippen LogP contribution in [0.15, 0.2) is 36.4 Å². The molecule has 19 heavy (non-hydrogen) atoms. The summed E-state index contributed by atoms with van der Waals surface area (Å²) in [7, 11) is 0. The van der Waals surface area contributed by atoms with Crippen molar-refractivity contribution in [3.63, 3.8) is 0 Å².